The second-order valence-electron chi connectivity index (χ2n) is 3.29. The quantitative estimate of drug-likeness (QED) is 0.898. The summed E-state index contributed by atoms with van der Waals surface area (Å²) in [4.78, 5) is 0. The van der Waals surface area contributed by atoms with E-state index in [1.165, 1.54) is 0 Å². The van der Waals surface area contributed by atoms with Crippen LogP contribution in [0, 0.1) is 6.92 Å². The van der Waals surface area contributed by atoms with Gasteiger partial charge in [0.25, 0.3) is 0 Å². The first-order chi connectivity index (χ1) is 7.20. The third-order valence-electron chi connectivity index (χ3n) is 2.16. The van der Waals surface area contributed by atoms with E-state index < -0.39 is 0 Å². The number of rotatable bonds is 2. The molecule has 0 saturated heterocycles. The molecule has 0 radical (unpaired) electrons. The van der Waals surface area contributed by atoms with Gasteiger partial charge >= 0.3 is 0 Å². The van der Waals surface area contributed by atoms with Crippen LogP contribution in [0.2, 0.25) is 5.02 Å². The molecular formula is C10H12Cl2N4. The Hall–Kier alpha value is -1.10. The van der Waals surface area contributed by atoms with Crippen molar-refractivity contribution in [2.24, 2.45) is 5.73 Å². The average Bonchev–Trinajstić information content (AvgIpc) is 2.66. The van der Waals surface area contributed by atoms with Crippen molar-refractivity contribution in [3.05, 3.63) is 40.7 Å². The van der Waals surface area contributed by atoms with Crippen molar-refractivity contribution < 1.29 is 0 Å². The number of nitrogens with zero attached hydrogens (tertiary/aromatic N) is 3. The summed E-state index contributed by atoms with van der Waals surface area (Å²) in [5.74, 6) is 0. The smallest absolute Gasteiger partial charge is 0.0967 e. The number of aromatic nitrogens is 3. The molecule has 6 heteroatoms. The van der Waals surface area contributed by atoms with E-state index in [2.05, 4.69) is 10.3 Å². The Morgan fingerprint density at radius 2 is 2.19 bits per heavy atom. The van der Waals surface area contributed by atoms with Gasteiger partial charge in [0.05, 0.1) is 17.6 Å². The maximum Gasteiger partial charge on any atom is 0.0967 e. The number of aryl methyl sites for hydroxylation is 1. The van der Waals surface area contributed by atoms with E-state index in [0.717, 1.165) is 22.0 Å². The lowest BCUT2D eigenvalue weighted by molar-refractivity contribution is 0.792. The third kappa shape index (κ3) is 2.52. The highest BCUT2D eigenvalue weighted by molar-refractivity contribution is 6.30. The molecule has 1 aromatic carbocycles. The largest absolute Gasteiger partial charge is 0.325 e. The lowest BCUT2D eigenvalue weighted by atomic mass is 10.2. The van der Waals surface area contributed by atoms with Gasteiger partial charge in [0.1, 0.15) is 0 Å². The average molecular weight is 259 g/mol. The van der Waals surface area contributed by atoms with Crippen molar-refractivity contribution in [1.82, 2.24) is 15.0 Å². The summed E-state index contributed by atoms with van der Waals surface area (Å²) in [6.07, 6.45) is 1.82. The summed E-state index contributed by atoms with van der Waals surface area (Å²) < 4.78 is 1.70. The van der Waals surface area contributed by atoms with Crippen LogP contribution >= 0.6 is 24.0 Å². The molecule has 2 rings (SSSR count). The predicted octanol–water partition coefficient (Wildman–Crippen LogP) is 2.11. The van der Waals surface area contributed by atoms with Crippen LogP contribution in [0.1, 0.15) is 11.3 Å². The van der Waals surface area contributed by atoms with Crippen molar-refractivity contribution in [1.29, 1.82) is 0 Å². The molecule has 1 aromatic heterocycles. The molecule has 0 aliphatic carbocycles. The zero-order chi connectivity index (χ0) is 10.8. The standard InChI is InChI=1S/C10H11ClN4.ClH/c1-7-4-8(11)2-3-10(7)15-6-9(5-12)13-14-15;/h2-4,6H,5,12H2,1H3;1H. The molecule has 16 heavy (non-hydrogen) atoms. The number of hydrogen-bond acceptors (Lipinski definition) is 3. The van der Waals surface area contributed by atoms with Crippen molar-refractivity contribution in [3.63, 3.8) is 0 Å². The third-order valence-corrected chi connectivity index (χ3v) is 2.39. The van der Waals surface area contributed by atoms with Gasteiger partial charge in [-0.05, 0) is 30.7 Å². The van der Waals surface area contributed by atoms with Crippen LogP contribution in [0.3, 0.4) is 0 Å². The minimum absolute atomic E-state index is 0. The van der Waals surface area contributed by atoms with E-state index in [-0.39, 0.29) is 12.4 Å². The molecular weight excluding hydrogens is 247 g/mol. The highest BCUT2D eigenvalue weighted by Gasteiger charge is 2.04. The van der Waals surface area contributed by atoms with Crippen LogP contribution in [0.5, 0.6) is 0 Å². The monoisotopic (exact) mass is 258 g/mol. The number of hydrogen-bond donors (Lipinski definition) is 1. The van der Waals surface area contributed by atoms with Crippen LogP contribution in [0.15, 0.2) is 24.4 Å². The first-order valence-electron chi connectivity index (χ1n) is 4.58. The molecule has 0 aliphatic rings. The lowest BCUT2D eigenvalue weighted by Crippen LogP contribution is -1.97. The second-order valence-corrected chi connectivity index (χ2v) is 3.73. The van der Waals surface area contributed by atoms with Crippen LogP contribution in [-0.2, 0) is 6.54 Å². The van der Waals surface area contributed by atoms with Crippen molar-refractivity contribution >= 4 is 24.0 Å². The molecule has 0 fully saturated rings. The van der Waals surface area contributed by atoms with Crippen LogP contribution in [0.25, 0.3) is 5.69 Å². The Bertz CT molecular complexity index is 481. The van der Waals surface area contributed by atoms with Crippen LogP contribution in [0.4, 0.5) is 0 Å². The van der Waals surface area contributed by atoms with Crippen molar-refractivity contribution in [3.8, 4) is 5.69 Å². The Morgan fingerprint density at radius 3 is 2.75 bits per heavy atom. The number of nitrogens with two attached hydrogens (primary N) is 1. The van der Waals surface area contributed by atoms with Crippen LogP contribution < -0.4 is 5.73 Å². The normalized spacial score (nSPS) is 9.94. The molecule has 0 bridgehead atoms. The SMILES string of the molecule is Cc1cc(Cl)ccc1-n1cc(CN)nn1.Cl. The Labute approximate surface area is 105 Å². The van der Waals surface area contributed by atoms with E-state index in [0.29, 0.717) is 6.54 Å². The topological polar surface area (TPSA) is 56.7 Å². The summed E-state index contributed by atoms with van der Waals surface area (Å²) >= 11 is 5.87. The summed E-state index contributed by atoms with van der Waals surface area (Å²) in [6, 6.07) is 5.63. The molecule has 2 aromatic rings. The molecule has 2 N–H and O–H groups in total. The number of benzene rings is 1. The van der Waals surface area contributed by atoms with Gasteiger partial charge in [0.15, 0.2) is 0 Å². The molecule has 0 atom stereocenters. The molecule has 0 aliphatic heterocycles. The van der Waals surface area contributed by atoms with Gasteiger partial charge in [-0.1, -0.05) is 16.8 Å². The number of halogens is 2. The Kier molecular flexibility index (Phi) is 4.29. The van der Waals surface area contributed by atoms with Crippen LogP contribution in [-0.4, -0.2) is 15.0 Å². The minimum Gasteiger partial charge on any atom is -0.325 e. The van der Waals surface area contributed by atoms with E-state index >= 15 is 0 Å². The fourth-order valence-electron chi connectivity index (χ4n) is 1.39. The van der Waals surface area contributed by atoms with E-state index in [9.17, 15) is 0 Å². The fraction of sp³-hybridized carbons (Fsp3) is 0.200. The maximum absolute atomic E-state index is 5.87. The highest BCUT2D eigenvalue weighted by atomic mass is 35.5. The fourth-order valence-corrected chi connectivity index (χ4v) is 1.61. The van der Waals surface area contributed by atoms with Gasteiger partial charge < -0.3 is 5.73 Å². The highest BCUT2D eigenvalue weighted by Crippen LogP contribution is 2.18. The van der Waals surface area contributed by atoms with Crippen molar-refractivity contribution in [2.75, 3.05) is 0 Å². The molecule has 0 amide bonds. The molecule has 1 heterocycles. The van der Waals surface area contributed by atoms with E-state index in [1.807, 2.05) is 31.3 Å². The Balaban J connectivity index is 0.00000128. The second kappa shape index (κ2) is 5.30. The molecule has 0 unspecified atom stereocenters. The zero-order valence-corrected chi connectivity index (χ0v) is 10.3. The summed E-state index contributed by atoms with van der Waals surface area (Å²) in [5.41, 5.74) is 8.25. The van der Waals surface area contributed by atoms with E-state index in [1.54, 1.807) is 4.68 Å². The summed E-state index contributed by atoms with van der Waals surface area (Å²) in [6.45, 7) is 2.37. The van der Waals surface area contributed by atoms with Gasteiger partial charge in [-0.25, -0.2) is 4.68 Å². The first-order valence-corrected chi connectivity index (χ1v) is 4.96. The van der Waals surface area contributed by atoms with Gasteiger partial charge in [0.2, 0.25) is 0 Å². The molecule has 86 valence electrons. The first kappa shape index (κ1) is 13.0. The van der Waals surface area contributed by atoms with Gasteiger partial charge in [0, 0.05) is 11.6 Å². The maximum atomic E-state index is 5.87. The minimum atomic E-state index is 0. The molecule has 0 spiro atoms. The van der Waals surface area contributed by atoms with Crippen molar-refractivity contribution in [2.45, 2.75) is 13.5 Å². The summed E-state index contributed by atoms with van der Waals surface area (Å²) in [7, 11) is 0. The molecule has 0 saturated carbocycles. The molecule has 4 nitrogen and oxygen atoms in total. The van der Waals surface area contributed by atoms with Gasteiger partial charge in [-0.15, -0.1) is 17.5 Å². The lowest BCUT2D eigenvalue weighted by Gasteiger charge is -2.04. The predicted molar refractivity (Wildman–Crippen MR) is 66.2 cm³/mol. The summed E-state index contributed by atoms with van der Waals surface area (Å²) in [5, 5.41) is 8.64. The zero-order valence-electron chi connectivity index (χ0n) is 8.72. The van der Waals surface area contributed by atoms with E-state index in [4.69, 9.17) is 17.3 Å². The Morgan fingerprint density at radius 1 is 1.44 bits per heavy atom. The van der Waals surface area contributed by atoms with Gasteiger partial charge in [-0.2, -0.15) is 0 Å². The van der Waals surface area contributed by atoms with Gasteiger partial charge in [-0.3, -0.25) is 0 Å².